The minimum Gasteiger partial charge on any atom is -0.309 e. The highest BCUT2D eigenvalue weighted by Gasteiger charge is 2.23. The number of anilines is 6. The maximum absolute atomic E-state index is 2.47. The summed E-state index contributed by atoms with van der Waals surface area (Å²) in [6.07, 6.45) is 0. The topological polar surface area (TPSA) is 6.48 Å². The van der Waals surface area contributed by atoms with E-state index in [-0.39, 0.29) is 0 Å². The van der Waals surface area contributed by atoms with Crippen LogP contribution in [0, 0.1) is 0 Å². The third-order valence-corrected chi connectivity index (χ3v) is 14.1. The zero-order valence-electron chi connectivity index (χ0n) is 32.5. The molecule has 2 heterocycles. The lowest BCUT2D eigenvalue weighted by molar-refractivity contribution is 1.31. The van der Waals surface area contributed by atoms with Gasteiger partial charge < -0.3 is 9.80 Å². The molecule has 0 saturated heterocycles. The molecule has 0 atom stereocenters. The lowest BCUT2D eigenvalue weighted by Crippen LogP contribution is -2.11. The molecular weight excluding hydrogens is 765 g/mol. The molecule has 0 saturated carbocycles. The fraction of sp³-hybridized carbons (Fsp3) is 0. The predicted molar refractivity (Wildman–Crippen MR) is 262 cm³/mol. The van der Waals surface area contributed by atoms with Gasteiger partial charge in [-0.15, -0.1) is 22.7 Å². The Hall–Kier alpha value is -7.24. The van der Waals surface area contributed by atoms with Gasteiger partial charge in [-0.05, 0) is 94.7 Å². The third kappa shape index (κ3) is 5.68. The number of rotatable bonds is 7. The van der Waals surface area contributed by atoms with Crippen LogP contribution in [0.3, 0.4) is 0 Å². The van der Waals surface area contributed by atoms with Crippen LogP contribution in [-0.2, 0) is 0 Å². The maximum atomic E-state index is 2.47. The van der Waals surface area contributed by atoms with E-state index in [9.17, 15) is 0 Å². The fourth-order valence-corrected chi connectivity index (χ4v) is 11.4. The Labute approximate surface area is 356 Å². The summed E-state index contributed by atoms with van der Waals surface area (Å²) in [4.78, 5) is 4.95. The van der Waals surface area contributed by atoms with Crippen molar-refractivity contribution >= 4 is 119 Å². The number of hydrogen-bond donors (Lipinski definition) is 0. The van der Waals surface area contributed by atoms with Crippen molar-refractivity contribution in [3.63, 3.8) is 0 Å². The van der Waals surface area contributed by atoms with Gasteiger partial charge in [0, 0.05) is 62.5 Å². The summed E-state index contributed by atoms with van der Waals surface area (Å²) in [5, 5.41) is 9.97. The minimum atomic E-state index is 1.11. The van der Waals surface area contributed by atoms with Gasteiger partial charge in [0.1, 0.15) is 0 Å². The zero-order chi connectivity index (χ0) is 39.6. The average molecular weight is 801 g/mol. The molecular formula is C56H36N2S2. The van der Waals surface area contributed by atoms with Gasteiger partial charge in [-0.3, -0.25) is 0 Å². The molecule has 2 nitrogen and oxygen atoms in total. The van der Waals surface area contributed by atoms with Crippen LogP contribution >= 0.6 is 22.7 Å². The Balaban J connectivity index is 1.07. The molecule has 282 valence electrons. The molecule has 0 N–H and O–H groups in total. The molecule has 0 radical (unpaired) electrons. The Morgan fingerprint density at radius 3 is 1.10 bits per heavy atom. The van der Waals surface area contributed by atoms with Crippen LogP contribution in [0.1, 0.15) is 0 Å². The Morgan fingerprint density at radius 1 is 0.267 bits per heavy atom. The first-order valence-electron chi connectivity index (χ1n) is 20.3. The molecule has 0 unspecified atom stereocenters. The molecule has 10 aromatic carbocycles. The first-order chi connectivity index (χ1) is 29.8. The van der Waals surface area contributed by atoms with E-state index in [4.69, 9.17) is 0 Å². The van der Waals surface area contributed by atoms with Gasteiger partial charge in [0.15, 0.2) is 0 Å². The minimum absolute atomic E-state index is 1.11. The third-order valence-electron chi connectivity index (χ3n) is 11.8. The molecule has 0 amide bonds. The lowest BCUT2D eigenvalue weighted by atomic mass is 10.0. The molecule has 0 fully saturated rings. The van der Waals surface area contributed by atoms with Gasteiger partial charge in [0.05, 0.1) is 22.7 Å². The maximum Gasteiger partial charge on any atom is 0.0555 e. The zero-order valence-corrected chi connectivity index (χ0v) is 34.1. The van der Waals surface area contributed by atoms with E-state index in [0.717, 1.165) is 33.9 Å². The molecule has 0 spiro atoms. The summed E-state index contributed by atoms with van der Waals surface area (Å²) < 4.78 is 5.16. The van der Waals surface area contributed by atoms with Crippen molar-refractivity contribution in [2.24, 2.45) is 0 Å². The summed E-state index contributed by atoms with van der Waals surface area (Å²) >= 11 is 3.72. The van der Waals surface area contributed by atoms with Crippen molar-refractivity contribution in [2.75, 3.05) is 9.80 Å². The summed E-state index contributed by atoms with van der Waals surface area (Å²) in [5.41, 5.74) is 9.17. The fourth-order valence-electron chi connectivity index (χ4n) is 9.16. The van der Waals surface area contributed by atoms with E-state index in [0.29, 0.717) is 0 Å². The molecule has 4 heteroatoms. The number of hydrogen-bond acceptors (Lipinski definition) is 4. The highest BCUT2D eigenvalue weighted by molar-refractivity contribution is 7.26. The van der Waals surface area contributed by atoms with Gasteiger partial charge in [-0.2, -0.15) is 0 Å². The Bertz CT molecular complexity index is 3350. The largest absolute Gasteiger partial charge is 0.309 e. The van der Waals surface area contributed by atoms with E-state index < -0.39 is 0 Å². The lowest BCUT2D eigenvalue weighted by Gasteiger charge is -2.29. The first kappa shape index (κ1) is 34.8. The second kappa shape index (κ2) is 14.2. The van der Waals surface area contributed by atoms with Gasteiger partial charge >= 0.3 is 0 Å². The van der Waals surface area contributed by atoms with E-state index in [1.54, 1.807) is 0 Å². The predicted octanol–water partition coefficient (Wildman–Crippen LogP) is 17.3. The SMILES string of the molecule is c1cc(-c2cccc(N(c3cccc4ccccc34)c3cccc4sc5ccccc5c34)c2)cc(N(c2cccc3ccccc23)c2cccc3sc4ccccc4c23)c1. The summed E-state index contributed by atoms with van der Waals surface area (Å²) in [6, 6.07) is 80.0. The molecule has 0 aliphatic carbocycles. The number of fused-ring (bicyclic) bond motifs is 8. The monoisotopic (exact) mass is 800 g/mol. The van der Waals surface area contributed by atoms with Crippen LogP contribution in [-0.4, -0.2) is 0 Å². The standard InChI is InChI=1S/C56H36N2S2/c1-3-23-43-37(15-1)17-11-27-47(43)57(49-29-13-33-53-55(49)45-25-5-7-31-51(45)59-53)41-21-9-19-39(35-41)40-20-10-22-42(36-40)58(48-28-12-18-38-16-2-4-24-44(38)48)50-30-14-34-54-56(50)46-26-6-8-32-52(46)60-54/h1-36H. The molecule has 0 bridgehead atoms. The van der Waals surface area contributed by atoms with Crippen molar-refractivity contribution in [3.8, 4) is 11.1 Å². The van der Waals surface area contributed by atoms with Crippen molar-refractivity contribution in [1.82, 2.24) is 0 Å². The first-order valence-corrected chi connectivity index (χ1v) is 22.0. The van der Waals surface area contributed by atoms with Crippen LogP contribution in [0.4, 0.5) is 34.1 Å². The molecule has 12 rings (SSSR count). The highest BCUT2D eigenvalue weighted by atomic mass is 32.1. The van der Waals surface area contributed by atoms with Crippen LogP contribution < -0.4 is 9.80 Å². The Morgan fingerprint density at radius 2 is 0.617 bits per heavy atom. The van der Waals surface area contributed by atoms with E-state index in [2.05, 4.69) is 228 Å². The molecule has 0 aliphatic heterocycles. The number of nitrogens with zero attached hydrogens (tertiary/aromatic N) is 2. The molecule has 12 aromatic rings. The van der Waals surface area contributed by atoms with Gasteiger partial charge in [-0.1, -0.05) is 146 Å². The van der Waals surface area contributed by atoms with Crippen molar-refractivity contribution in [1.29, 1.82) is 0 Å². The van der Waals surface area contributed by atoms with E-state index in [1.807, 2.05) is 22.7 Å². The van der Waals surface area contributed by atoms with Crippen molar-refractivity contribution in [3.05, 3.63) is 218 Å². The average Bonchev–Trinajstić information content (AvgIpc) is 3.89. The van der Waals surface area contributed by atoms with Gasteiger partial charge in [-0.25, -0.2) is 0 Å². The van der Waals surface area contributed by atoms with Crippen LogP contribution in [0.5, 0.6) is 0 Å². The van der Waals surface area contributed by atoms with Crippen molar-refractivity contribution in [2.45, 2.75) is 0 Å². The number of benzene rings is 10. The smallest absolute Gasteiger partial charge is 0.0555 e. The highest BCUT2D eigenvalue weighted by Crippen LogP contribution is 2.49. The van der Waals surface area contributed by atoms with Gasteiger partial charge in [0.25, 0.3) is 0 Å². The normalized spacial score (nSPS) is 11.7. The van der Waals surface area contributed by atoms with Crippen LogP contribution in [0.25, 0.3) is 73.0 Å². The summed E-state index contributed by atoms with van der Waals surface area (Å²) in [5.74, 6) is 0. The van der Waals surface area contributed by atoms with E-state index in [1.165, 1.54) is 73.3 Å². The molecule has 60 heavy (non-hydrogen) atoms. The quantitative estimate of drug-likeness (QED) is 0.158. The Kier molecular flexibility index (Phi) is 8.25. The van der Waals surface area contributed by atoms with Crippen LogP contribution in [0.15, 0.2) is 218 Å². The van der Waals surface area contributed by atoms with Crippen LogP contribution in [0.2, 0.25) is 0 Å². The summed E-state index contributed by atoms with van der Waals surface area (Å²) in [6.45, 7) is 0. The van der Waals surface area contributed by atoms with Crippen molar-refractivity contribution < 1.29 is 0 Å². The second-order valence-electron chi connectivity index (χ2n) is 15.3. The number of thiophene rings is 2. The summed E-state index contributed by atoms with van der Waals surface area (Å²) in [7, 11) is 0. The second-order valence-corrected chi connectivity index (χ2v) is 17.4. The molecule has 0 aliphatic rings. The van der Waals surface area contributed by atoms with Gasteiger partial charge in [0.2, 0.25) is 0 Å². The van der Waals surface area contributed by atoms with E-state index >= 15 is 0 Å². The molecule has 2 aromatic heterocycles.